The lowest BCUT2D eigenvalue weighted by molar-refractivity contribution is -0.137. The lowest BCUT2D eigenvalue weighted by atomic mass is 9.84. The van der Waals surface area contributed by atoms with Crippen LogP contribution in [0.25, 0.3) is 11.2 Å². The molecule has 186 valence electrons. The van der Waals surface area contributed by atoms with Gasteiger partial charge in [-0.15, -0.1) is 0 Å². The second kappa shape index (κ2) is 11.0. The van der Waals surface area contributed by atoms with E-state index < -0.39 is 5.97 Å². The molecule has 2 fully saturated rings. The number of ether oxygens (including phenoxy) is 1. The predicted molar refractivity (Wildman–Crippen MR) is 133 cm³/mol. The number of benzene rings is 1. The Morgan fingerprint density at radius 2 is 1.83 bits per heavy atom. The van der Waals surface area contributed by atoms with Crippen molar-refractivity contribution in [2.45, 2.75) is 51.1 Å². The molecule has 3 aromatic rings. The third-order valence-electron chi connectivity index (χ3n) is 6.85. The van der Waals surface area contributed by atoms with Crippen molar-refractivity contribution in [3.63, 3.8) is 0 Å². The minimum Gasteiger partial charge on any atom is -0.480 e. The predicted octanol–water partition coefficient (Wildman–Crippen LogP) is 3.27. The van der Waals surface area contributed by atoms with E-state index in [0.717, 1.165) is 18.7 Å². The fourth-order valence-corrected chi connectivity index (χ4v) is 4.88. The van der Waals surface area contributed by atoms with Gasteiger partial charge in [-0.25, -0.2) is 4.98 Å². The summed E-state index contributed by atoms with van der Waals surface area (Å²) in [7, 11) is 0. The van der Waals surface area contributed by atoms with E-state index in [4.69, 9.17) is 4.74 Å². The number of morpholine rings is 1. The first-order valence-electron chi connectivity index (χ1n) is 12.5. The van der Waals surface area contributed by atoms with Gasteiger partial charge in [-0.1, -0.05) is 43.5 Å². The van der Waals surface area contributed by atoms with Gasteiger partial charge in [0.05, 0.1) is 26.2 Å². The summed E-state index contributed by atoms with van der Waals surface area (Å²) in [6.07, 6.45) is 8.09. The molecular weight excluding hydrogens is 446 g/mol. The maximum Gasteiger partial charge on any atom is 0.323 e. The Bertz CT molecular complexity index is 1140. The van der Waals surface area contributed by atoms with Crippen LogP contribution >= 0.6 is 0 Å². The Labute approximate surface area is 204 Å². The number of carboxylic acids is 1. The van der Waals surface area contributed by atoms with Crippen molar-refractivity contribution in [3.8, 4) is 0 Å². The van der Waals surface area contributed by atoms with Gasteiger partial charge in [0.1, 0.15) is 6.54 Å². The maximum absolute atomic E-state index is 11.3. The van der Waals surface area contributed by atoms with Gasteiger partial charge in [0.15, 0.2) is 17.0 Å². The van der Waals surface area contributed by atoms with Crippen molar-refractivity contribution < 1.29 is 14.6 Å². The fourth-order valence-electron chi connectivity index (χ4n) is 4.88. The van der Waals surface area contributed by atoms with Crippen LogP contribution in [0.3, 0.4) is 0 Å². The molecule has 5 rings (SSSR count). The molecule has 0 radical (unpaired) electrons. The van der Waals surface area contributed by atoms with Crippen LogP contribution in [0.1, 0.15) is 49.1 Å². The van der Waals surface area contributed by atoms with Crippen LogP contribution in [0.15, 0.2) is 30.6 Å². The highest BCUT2D eigenvalue weighted by Gasteiger charge is 2.17. The van der Waals surface area contributed by atoms with Gasteiger partial charge in [0, 0.05) is 19.6 Å². The lowest BCUT2D eigenvalue weighted by Crippen LogP contribution is -2.39. The van der Waals surface area contributed by atoms with E-state index in [0.29, 0.717) is 55.3 Å². The number of aliphatic carboxylic acids is 1. The summed E-state index contributed by atoms with van der Waals surface area (Å²) in [6, 6.07) is 8.83. The van der Waals surface area contributed by atoms with E-state index in [2.05, 4.69) is 54.8 Å². The quantitative estimate of drug-likeness (QED) is 0.425. The minimum atomic E-state index is -0.946. The molecule has 2 aromatic heterocycles. The SMILES string of the molecule is O=C(O)Cn1cnc2c(NCN3CCOCC3)nc(NCc3ccc(C4CCCCC4)cc3)nc21. The molecule has 0 bridgehead atoms. The summed E-state index contributed by atoms with van der Waals surface area (Å²) in [5, 5.41) is 16.0. The zero-order chi connectivity index (χ0) is 24.0. The molecule has 3 heterocycles. The molecular formula is C25H33N7O3. The molecule has 1 aliphatic carbocycles. The van der Waals surface area contributed by atoms with Gasteiger partial charge in [-0.05, 0) is 29.9 Å². The van der Waals surface area contributed by atoms with Crippen LogP contribution in [0.5, 0.6) is 0 Å². The number of rotatable bonds is 9. The molecule has 1 aliphatic heterocycles. The van der Waals surface area contributed by atoms with E-state index >= 15 is 0 Å². The standard InChI is InChI=1S/C25H33N7O3/c33-21(34)15-32-17-27-22-23(28-16-31-10-12-35-13-11-31)29-25(30-24(22)32)26-14-18-6-8-20(9-7-18)19-4-2-1-3-5-19/h6-9,17,19H,1-5,10-16H2,(H,33,34)(H2,26,28,29,30). The molecule has 1 saturated carbocycles. The first kappa shape index (κ1) is 23.5. The zero-order valence-corrected chi connectivity index (χ0v) is 19.9. The number of carbonyl (C=O) groups is 1. The van der Waals surface area contributed by atoms with Crippen molar-refractivity contribution in [3.05, 3.63) is 41.7 Å². The molecule has 0 unspecified atom stereocenters. The first-order chi connectivity index (χ1) is 17.2. The van der Waals surface area contributed by atoms with Crippen molar-refractivity contribution in [1.82, 2.24) is 24.4 Å². The fraction of sp³-hybridized carbons (Fsp3) is 0.520. The number of fused-ring (bicyclic) bond motifs is 1. The zero-order valence-electron chi connectivity index (χ0n) is 19.9. The summed E-state index contributed by atoms with van der Waals surface area (Å²) in [5.41, 5.74) is 3.62. The molecule has 1 saturated heterocycles. The number of nitrogens with zero attached hydrogens (tertiary/aromatic N) is 5. The molecule has 0 spiro atoms. The highest BCUT2D eigenvalue weighted by Crippen LogP contribution is 2.32. The summed E-state index contributed by atoms with van der Waals surface area (Å²) in [4.78, 5) is 27.2. The topological polar surface area (TPSA) is 117 Å². The summed E-state index contributed by atoms with van der Waals surface area (Å²) < 4.78 is 6.95. The van der Waals surface area contributed by atoms with Crippen molar-refractivity contribution in [2.75, 3.05) is 43.6 Å². The Morgan fingerprint density at radius 1 is 1.06 bits per heavy atom. The number of hydrogen-bond donors (Lipinski definition) is 3. The van der Waals surface area contributed by atoms with Gasteiger partial charge >= 0.3 is 5.97 Å². The molecule has 35 heavy (non-hydrogen) atoms. The van der Waals surface area contributed by atoms with Gasteiger partial charge < -0.3 is 25.0 Å². The molecule has 10 nitrogen and oxygen atoms in total. The molecule has 2 aliphatic rings. The lowest BCUT2D eigenvalue weighted by Gasteiger charge is -2.26. The van der Waals surface area contributed by atoms with E-state index in [-0.39, 0.29) is 6.54 Å². The van der Waals surface area contributed by atoms with Gasteiger partial charge in [0.25, 0.3) is 0 Å². The van der Waals surface area contributed by atoms with Crippen LogP contribution in [0.2, 0.25) is 0 Å². The highest BCUT2D eigenvalue weighted by molar-refractivity contribution is 5.85. The van der Waals surface area contributed by atoms with Crippen molar-refractivity contribution in [1.29, 1.82) is 0 Å². The summed E-state index contributed by atoms with van der Waals surface area (Å²) >= 11 is 0. The molecule has 1 aromatic carbocycles. The molecule has 10 heteroatoms. The number of aromatic nitrogens is 4. The first-order valence-corrected chi connectivity index (χ1v) is 12.5. The Kier molecular flexibility index (Phi) is 7.39. The van der Waals surface area contributed by atoms with E-state index in [1.807, 2.05) is 0 Å². The molecule has 3 N–H and O–H groups in total. The average molecular weight is 480 g/mol. The van der Waals surface area contributed by atoms with E-state index in [1.54, 1.807) is 0 Å². The van der Waals surface area contributed by atoms with E-state index in [1.165, 1.54) is 48.6 Å². The normalized spacial score (nSPS) is 17.5. The molecule has 0 atom stereocenters. The number of anilines is 2. The number of imidazole rings is 1. The second-order valence-corrected chi connectivity index (χ2v) is 9.33. The largest absolute Gasteiger partial charge is 0.480 e. The smallest absolute Gasteiger partial charge is 0.323 e. The Hall–Kier alpha value is -3.24. The van der Waals surface area contributed by atoms with Crippen molar-refractivity contribution in [2.24, 2.45) is 0 Å². The number of nitrogens with one attached hydrogen (secondary N) is 2. The van der Waals surface area contributed by atoms with Crippen LogP contribution in [-0.4, -0.2) is 68.5 Å². The van der Waals surface area contributed by atoms with Gasteiger partial charge in [-0.2, -0.15) is 9.97 Å². The molecule has 0 amide bonds. The van der Waals surface area contributed by atoms with Crippen LogP contribution in [-0.2, 0) is 22.6 Å². The number of hydrogen-bond acceptors (Lipinski definition) is 8. The minimum absolute atomic E-state index is 0.210. The Balaban J connectivity index is 1.31. The van der Waals surface area contributed by atoms with Gasteiger partial charge in [0.2, 0.25) is 5.95 Å². The second-order valence-electron chi connectivity index (χ2n) is 9.33. The van der Waals surface area contributed by atoms with E-state index in [9.17, 15) is 9.90 Å². The highest BCUT2D eigenvalue weighted by atomic mass is 16.5. The van der Waals surface area contributed by atoms with Crippen molar-refractivity contribution >= 4 is 28.9 Å². The van der Waals surface area contributed by atoms with Gasteiger partial charge in [-0.3, -0.25) is 9.69 Å². The third kappa shape index (κ3) is 5.88. The monoisotopic (exact) mass is 479 g/mol. The van der Waals surface area contributed by atoms with Crippen LogP contribution in [0, 0.1) is 0 Å². The number of carboxylic acid groups (broad SMARTS) is 1. The maximum atomic E-state index is 11.3. The summed E-state index contributed by atoms with van der Waals surface area (Å²) in [5.74, 6) is 0.760. The Morgan fingerprint density at radius 3 is 2.57 bits per heavy atom. The van der Waals surface area contributed by atoms with Crippen LogP contribution in [0.4, 0.5) is 11.8 Å². The average Bonchev–Trinajstić information content (AvgIpc) is 3.29. The van der Waals surface area contributed by atoms with Crippen LogP contribution < -0.4 is 10.6 Å². The third-order valence-corrected chi connectivity index (χ3v) is 6.85. The summed E-state index contributed by atoms with van der Waals surface area (Å²) in [6.45, 7) is 4.07.